The highest BCUT2D eigenvalue weighted by molar-refractivity contribution is 6.42. The largest absolute Gasteiger partial charge is 0.378 e. The number of Topliss-reactive ketones (excluding diaryl/α,β-unsaturated/α-hetero) is 1. The van der Waals surface area contributed by atoms with Crippen LogP contribution in [-0.4, -0.2) is 40.5 Å². The van der Waals surface area contributed by atoms with E-state index in [1.54, 1.807) is 6.20 Å². The minimum absolute atomic E-state index is 0.0719. The van der Waals surface area contributed by atoms with Crippen LogP contribution in [0, 0.1) is 0 Å². The predicted octanol–water partition coefficient (Wildman–Crippen LogP) is 1.74. The number of nitrogens with zero attached hydrogens (tertiary/aromatic N) is 4. The zero-order valence-electron chi connectivity index (χ0n) is 14.6. The number of aromatic nitrogens is 3. The third-order valence-electron chi connectivity index (χ3n) is 4.42. The van der Waals surface area contributed by atoms with Gasteiger partial charge in [0.25, 0.3) is 5.92 Å². The van der Waals surface area contributed by atoms with Gasteiger partial charge in [0.15, 0.2) is 0 Å². The maximum Gasteiger partial charge on any atom is 0.309 e. The molecular formula is C17H18F2N4O3. The van der Waals surface area contributed by atoms with Crippen molar-refractivity contribution >= 4 is 11.7 Å². The van der Waals surface area contributed by atoms with Crippen LogP contribution in [-0.2, 0) is 26.9 Å². The van der Waals surface area contributed by atoms with Crippen LogP contribution in [0.2, 0.25) is 0 Å². The number of likely N-dealkylation sites (N-methyl/N-ethyl adjacent to an activating group) is 1. The van der Waals surface area contributed by atoms with E-state index in [1.807, 2.05) is 0 Å². The highest BCUT2D eigenvalue weighted by atomic mass is 19.3. The lowest BCUT2D eigenvalue weighted by Crippen LogP contribution is -2.49. The average Bonchev–Trinajstić information content (AvgIpc) is 3.10. The fourth-order valence-electron chi connectivity index (χ4n) is 2.96. The maximum absolute atomic E-state index is 14.0. The molecule has 0 spiro atoms. The number of imidazole rings is 1. The first kappa shape index (κ1) is 18.1. The number of pyridine rings is 1. The number of amides is 1. The molecule has 1 atom stereocenters. The molecule has 1 aliphatic rings. The lowest BCUT2D eigenvalue weighted by molar-refractivity contribution is -0.138. The Morgan fingerprint density at radius 3 is 2.69 bits per heavy atom. The van der Waals surface area contributed by atoms with Crippen LogP contribution in [0.5, 0.6) is 0 Å². The van der Waals surface area contributed by atoms with Gasteiger partial charge in [-0.2, -0.15) is 8.78 Å². The Kier molecular flexibility index (Phi) is 4.57. The number of hydrogen-bond acceptors (Lipinski definition) is 5. The first-order valence-corrected chi connectivity index (χ1v) is 8.04. The van der Waals surface area contributed by atoms with Gasteiger partial charge in [-0.25, -0.2) is 19.7 Å². The Labute approximate surface area is 148 Å². The van der Waals surface area contributed by atoms with E-state index in [9.17, 15) is 18.4 Å². The van der Waals surface area contributed by atoms with Crippen LogP contribution in [0.25, 0.3) is 0 Å². The van der Waals surface area contributed by atoms with Crippen molar-refractivity contribution in [2.24, 2.45) is 0 Å². The molecule has 1 unspecified atom stereocenters. The van der Waals surface area contributed by atoms with E-state index < -0.39 is 35.6 Å². The van der Waals surface area contributed by atoms with Gasteiger partial charge < -0.3 is 4.74 Å². The molecular weight excluding hydrogens is 346 g/mol. The summed E-state index contributed by atoms with van der Waals surface area (Å²) in [5.74, 6) is -5.19. The lowest BCUT2D eigenvalue weighted by Gasteiger charge is -2.30. The topological polar surface area (TPSA) is 77.3 Å². The number of methoxy groups -OCH3 is 1. The molecule has 3 heterocycles. The molecule has 3 rings (SSSR count). The normalized spacial score (nSPS) is 17.6. The van der Waals surface area contributed by atoms with Crippen LogP contribution in [0.15, 0.2) is 24.5 Å². The second-order valence-corrected chi connectivity index (χ2v) is 5.98. The van der Waals surface area contributed by atoms with Crippen molar-refractivity contribution in [1.29, 1.82) is 0 Å². The number of fused-ring (bicyclic) bond motifs is 1. The fourth-order valence-corrected chi connectivity index (χ4v) is 2.96. The summed E-state index contributed by atoms with van der Waals surface area (Å²) in [5, 5.41) is 1.16. The number of ether oxygens (including phenoxy) is 1. The molecule has 0 saturated heterocycles. The van der Waals surface area contributed by atoms with Crippen molar-refractivity contribution in [3.8, 4) is 0 Å². The molecule has 1 amide bonds. The Morgan fingerprint density at radius 2 is 2.04 bits per heavy atom. The summed E-state index contributed by atoms with van der Waals surface area (Å²) in [5.41, 5.74) is 0.121. The number of halogens is 2. The standard InChI is InChI=1S/C17H18F2N4O3/c1-4-17(18,19)12-6-5-10(11(21-12)9-26-3)13-14(24)16(25)22(2)23-8-7-20-15(13)23/h5-8,13H,4,9H2,1-3H3. The third-order valence-corrected chi connectivity index (χ3v) is 4.42. The van der Waals surface area contributed by atoms with Crippen molar-refractivity contribution in [2.75, 3.05) is 19.2 Å². The first-order valence-electron chi connectivity index (χ1n) is 8.04. The number of carbonyl (C=O) groups is 2. The van der Waals surface area contributed by atoms with Crippen molar-refractivity contribution in [3.63, 3.8) is 0 Å². The molecule has 138 valence electrons. The number of hydrogen-bond donors (Lipinski definition) is 0. The van der Waals surface area contributed by atoms with Crippen molar-refractivity contribution < 1.29 is 23.1 Å². The molecule has 0 fully saturated rings. The number of rotatable bonds is 5. The minimum Gasteiger partial charge on any atom is -0.378 e. The van der Waals surface area contributed by atoms with Crippen molar-refractivity contribution in [2.45, 2.75) is 31.8 Å². The SMILES string of the molecule is CCC(F)(F)c1ccc(C2C(=O)C(=O)N(C)n3ccnc32)c(COC)n1. The monoisotopic (exact) mass is 364 g/mol. The van der Waals surface area contributed by atoms with Gasteiger partial charge >= 0.3 is 5.91 Å². The second-order valence-electron chi connectivity index (χ2n) is 5.98. The van der Waals surface area contributed by atoms with Gasteiger partial charge in [0.05, 0.1) is 12.3 Å². The van der Waals surface area contributed by atoms with E-state index >= 15 is 0 Å². The van der Waals surface area contributed by atoms with E-state index in [2.05, 4.69) is 9.97 Å². The number of ketones is 1. The molecule has 0 radical (unpaired) electrons. The summed E-state index contributed by atoms with van der Waals surface area (Å²) < 4.78 is 34.6. The third kappa shape index (κ3) is 2.78. The van der Waals surface area contributed by atoms with E-state index in [4.69, 9.17) is 4.74 Å². The smallest absolute Gasteiger partial charge is 0.309 e. The van der Waals surface area contributed by atoms with Gasteiger partial charge in [0, 0.05) is 33.0 Å². The molecule has 2 aromatic rings. The van der Waals surface area contributed by atoms with E-state index in [0.29, 0.717) is 11.4 Å². The van der Waals surface area contributed by atoms with Gasteiger partial charge in [-0.05, 0) is 11.6 Å². The zero-order valence-corrected chi connectivity index (χ0v) is 14.6. The second kappa shape index (κ2) is 6.56. The molecule has 2 aromatic heterocycles. The van der Waals surface area contributed by atoms with Gasteiger partial charge in [-0.3, -0.25) is 9.59 Å². The average molecular weight is 364 g/mol. The van der Waals surface area contributed by atoms with Crippen LogP contribution in [0.1, 0.15) is 42.0 Å². The zero-order chi connectivity index (χ0) is 19.1. The highest BCUT2D eigenvalue weighted by Crippen LogP contribution is 2.34. The summed E-state index contributed by atoms with van der Waals surface area (Å²) in [6, 6.07) is 2.59. The van der Waals surface area contributed by atoms with Crippen molar-refractivity contribution in [1.82, 2.24) is 14.6 Å². The molecule has 0 N–H and O–H groups in total. The summed E-state index contributed by atoms with van der Waals surface area (Å²) in [6.45, 7) is 1.29. The summed E-state index contributed by atoms with van der Waals surface area (Å²) in [7, 11) is 2.86. The van der Waals surface area contributed by atoms with E-state index in [1.165, 1.54) is 44.1 Å². The summed E-state index contributed by atoms with van der Waals surface area (Å²) in [4.78, 5) is 33.1. The molecule has 0 saturated carbocycles. The van der Waals surface area contributed by atoms with Gasteiger partial charge in [-0.1, -0.05) is 13.0 Å². The van der Waals surface area contributed by atoms with Crippen LogP contribution >= 0.6 is 0 Å². The molecule has 9 heteroatoms. The van der Waals surface area contributed by atoms with E-state index in [-0.39, 0.29) is 12.3 Å². The minimum atomic E-state index is -3.09. The Balaban J connectivity index is 2.16. The molecule has 1 aliphatic heterocycles. The van der Waals surface area contributed by atoms with Crippen LogP contribution < -0.4 is 5.01 Å². The Hall–Kier alpha value is -2.68. The number of carbonyl (C=O) groups excluding carboxylic acids is 2. The first-order chi connectivity index (χ1) is 12.3. The van der Waals surface area contributed by atoms with Crippen LogP contribution in [0.3, 0.4) is 0 Å². The Morgan fingerprint density at radius 1 is 1.31 bits per heavy atom. The Bertz CT molecular complexity index is 865. The molecule has 7 nitrogen and oxygen atoms in total. The fraction of sp³-hybridized carbons (Fsp3) is 0.412. The molecule has 26 heavy (non-hydrogen) atoms. The summed E-state index contributed by atoms with van der Waals surface area (Å²) in [6.07, 6.45) is 2.62. The lowest BCUT2D eigenvalue weighted by atomic mass is 9.90. The van der Waals surface area contributed by atoms with Crippen LogP contribution in [0.4, 0.5) is 8.78 Å². The van der Waals surface area contributed by atoms with Gasteiger partial charge in [0.1, 0.15) is 17.4 Å². The van der Waals surface area contributed by atoms with Gasteiger partial charge in [-0.15, -0.1) is 0 Å². The molecule has 0 aliphatic carbocycles. The predicted molar refractivity (Wildman–Crippen MR) is 87.4 cm³/mol. The van der Waals surface area contributed by atoms with Gasteiger partial charge in [0.2, 0.25) is 5.78 Å². The number of alkyl halides is 2. The highest BCUT2D eigenvalue weighted by Gasteiger charge is 2.41. The summed E-state index contributed by atoms with van der Waals surface area (Å²) >= 11 is 0. The quantitative estimate of drug-likeness (QED) is 0.755. The van der Waals surface area contributed by atoms with E-state index in [0.717, 1.165) is 5.01 Å². The maximum atomic E-state index is 14.0. The molecule has 0 bridgehead atoms. The molecule has 0 aromatic carbocycles. The van der Waals surface area contributed by atoms with Crippen molar-refractivity contribution in [3.05, 3.63) is 47.3 Å².